The number of ketones is 2. The standard InChI is InChI=1S/C31H48N4O7/c1-19(2)25(36)10-7-11-27(38)35-28(20(3)4)26(37)17-23(9-8-16-33-31(32)41)29(39)34-24-14-12-22(13-15-24)18-42-30(40)21(5)6/h12-15,19-21,23,28H,7-11,16-18H2,1-6H3,(H,34,39)(H,35,38)(H3,32,33,41)/t23-,28+/m1/s1. The molecule has 0 heterocycles. The van der Waals surface area contributed by atoms with Crippen LogP contribution in [-0.2, 0) is 35.3 Å². The van der Waals surface area contributed by atoms with E-state index in [0.29, 0.717) is 31.4 Å². The van der Waals surface area contributed by atoms with Crippen molar-refractivity contribution >= 4 is 41.1 Å². The van der Waals surface area contributed by atoms with Crippen LogP contribution >= 0.6 is 0 Å². The summed E-state index contributed by atoms with van der Waals surface area (Å²) >= 11 is 0. The number of amides is 4. The van der Waals surface area contributed by atoms with E-state index in [9.17, 15) is 28.8 Å². The highest BCUT2D eigenvalue weighted by atomic mass is 16.5. The van der Waals surface area contributed by atoms with E-state index in [0.717, 1.165) is 5.56 Å². The lowest BCUT2D eigenvalue weighted by Gasteiger charge is -2.24. The van der Waals surface area contributed by atoms with Gasteiger partial charge in [-0.3, -0.25) is 24.0 Å². The first-order chi connectivity index (χ1) is 19.7. The van der Waals surface area contributed by atoms with Crippen LogP contribution in [0.5, 0.6) is 0 Å². The highest BCUT2D eigenvalue weighted by molar-refractivity contribution is 5.97. The molecule has 4 amide bonds. The molecule has 0 fully saturated rings. The molecule has 11 nitrogen and oxygen atoms in total. The number of benzene rings is 1. The molecular formula is C31H48N4O7. The Balaban J connectivity index is 2.88. The number of nitrogens with one attached hydrogen (secondary N) is 3. The van der Waals surface area contributed by atoms with E-state index >= 15 is 0 Å². The van der Waals surface area contributed by atoms with Crippen molar-refractivity contribution in [1.29, 1.82) is 0 Å². The number of hydrogen-bond donors (Lipinski definition) is 4. The maximum absolute atomic E-state index is 13.3. The van der Waals surface area contributed by atoms with Gasteiger partial charge in [-0.05, 0) is 42.9 Å². The van der Waals surface area contributed by atoms with Crippen molar-refractivity contribution in [3.05, 3.63) is 29.8 Å². The zero-order valence-corrected chi connectivity index (χ0v) is 25.8. The molecule has 0 aromatic heterocycles. The summed E-state index contributed by atoms with van der Waals surface area (Å²) in [6.45, 7) is 11.1. The molecule has 5 N–H and O–H groups in total. The average Bonchev–Trinajstić information content (AvgIpc) is 2.91. The van der Waals surface area contributed by atoms with Gasteiger partial charge in [0.25, 0.3) is 0 Å². The maximum atomic E-state index is 13.3. The van der Waals surface area contributed by atoms with E-state index < -0.39 is 18.0 Å². The largest absolute Gasteiger partial charge is 0.461 e. The van der Waals surface area contributed by atoms with Crippen LogP contribution in [0.2, 0.25) is 0 Å². The zero-order valence-electron chi connectivity index (χ0n) is 25.8. The van der Waals surface area contributed by atoms with Crippen molar-refractivity contribution in [3.8, 4) is 0 Å². The Kier molecular flexibility index (Phi) is 16.1. The van der Waals surface area contributed by atoms with Gasteiger partial charge in [0.15, 0.2) is 5.78 Å². The average molecular weight is 589 g/mol. The Morgan fingerprint density at radius 2 is 1.48 bits per heavy atom. The van der Waals surface area contributed by atoms with Crippen LogP contribution in [0, 0.1) is 23.7 Å². The van der Waals surface area contributed by atoms with Gasteiger partial charge in [-0.2, -0.15) is 0 Å². The first-order valence-electron chi connectivity index (χ1n) is 14.7. The number of esters is 1. The number of hydrogen-bond acceptors (Lipinski definition) is 7. The Bertz CT molecular complexity index is 1070. The minimum atomic E-state index is -0.787. The van der Waals surface area contributed by atoms with E-state index in [1.165, 1.54) is 0 Å². The lowest BCUT2D eigenvalue weighted by atomic mass is 9.89. The van der Waals surface area contributed by atoms with Crippen LogP contribution < -0.4 is 21.7 Å². The minimum Gasteiger partial charge on any atom is -0.461 e. The van der Waals surface area contributed by atoms with E-state index in [2.05, 4.69) is 16.0 Å². The molecule has 1 rings (SSSR count). The Morgan fingerprint density at radius 3 is 2.02 bits per heavy atom. The normalized spacial score (nSPS) is 12.5. The van der Waals surface area contributed by atoms with Crippen molar-refractivity contribution in [1.82, 2.24) is 10.6 Å². The van der Waals surface area contributed by atoms with E-state index in [1.807, 2.05) is 27.7 Å². The van der Waals surface area contributed by atoms with Gasteiger partial charge in [0.2, 0.25) is 11.8 Å². The summed E-state index contributed by atoms with van der Waals surface area (Å²) in [7, 11) is 0. The van der Waals surface area contributed by atoms with Gasteiger partial charge >= 0.3 is 12.0 Å². The molecule has 0 radical (unpaired) electrons. The highest BCUT2D eigenvalue weighted by Gasteiger charge is 2.29. The molecule has 0 bridgehead atoms. The summed E-state index contributed by atoms with van der Waals surface area (Å²) in [5, 5.41) is 8.10. The first-order valence-corrected chi connectivity index (χ1v) is 14.7. The summed E-state index contributed by atoms with van der Waals surface area (Å²) in [5.74, 6) is -2.44. The van der Waals surface area contributed by atoms with E-state index in [-0.39, 0.29) is 73.1 Å². The lowest BCUT2D eigenvalue weighted by molar-refractivity contribution is -0.148. The second-order valence-electron chi connectivity index (χ2n) is 11.5. The Morgan fingerprint density at radius 1 is 0.833 bits per heavy atom. The molecule has 0 aliphatic heterocycles. The van der Waals surface area contributed by atoms with Gasteiger partial charge in [0.1, 0.15) is 12.4 Å². The quantitative estimate of drug-likeness (QED) is 0.140. The van der Waals surface area contributed by atoms with Crippen LogP contribution in [-0.4, -0.2) is 48.0 Å². The van der Waals surface area contributed by atoms with Crippen molar-refractivity contribution in [2.24, 2.45) is 29.4 Å². The fourth-order valence-electron chi connectivity index (χ4n) is 4.08. The van der Waals surface area contributed by atoms with Crippen molar-refractivity contribution < 1.29 is 33.5 Å². The smallest absolute Gasteiger partial charge is 0.312 e. The summed E-state index contributed by atoms with van der Waals surface area (Å²) < 4.78 is 5.23. The van der Waals surface area contributed by atoms with Crippen LogP contribution in [0.4, 0.5) is 10.5 Å². The predicted octanol–water partition coefficient (Wildman–Crippen LogP) is 3.88. The number of primary amides is 1. The van der Waals surface area contributed by atoms with Gasteiger partial charge in [0.05, 0.1) is 12.0 Å². The summed E-state index contributed by atoms with van der Waals surface area (Å²) in [5.41, 5.74) is 6.40. The van der Waals surface area contributed by atoms with Gasteiger partial charge < -0.3 is 26.4 Å². The van der Waals surface area contributed by atoms with Crippen LogP contribution in [0.25, 0.3) is 0 Å². The molecule has 0 aliphatic carbocycles. The van der Waals surface area contributed by atoms with Crippen LogP contribution in [0.15, 0.2) is 24.3 Å². The third kappa shape index (κ3) is 14.2. The molecule has 234 valence electrons. The number of carbonyl (C=O) groups is 6. The first kappa shape index (κ1) is 36.3. The number of nitrogens with two attached hydrogens (primary N) is 1. The van der Waals surface area contributed by atoms with Crippen LogP contribution in [0.3, 0.4) is 0 Å². The molecule has 0 spiro atoms. The molecule has 0 saturated heterocycles. The second kappa shape index (κ2) is 18.6. The molecule has 0 unspecified atom stereocenters. The maximum Gasteiger partial charge on any atom is 0.312 e. The predicted molar refractivity (Wildman–Crippen MR) is 160 cm³/mol. The number of ether oxygens (including phenoxy) is 1. The van der Waals surface area contributed by atoms with Crippen LogP contribution in [0.1, 0.15) is 85.6 Å². The summed E-state index contributed by atoms with van der Waals surface area (Å²) in [6, 6.07) is 5.38. The molecule has 0 aliphatic rings. The molecule has 1 aromatic carbocycles. The zero-order chi connectivity index (χ0) is 31.8. The third-order valence-corrected chi connectivity index (χ3v) is 6.72. The van der Waals surface area contributed by atoms with E-state index in [1.54, 1.807) is 38.1 Å². The molecule has 1 aromatic rings. The molecule has 0 saturated carbocycles. The molecule has 42 heavy (non-hydrogen) atoms. The highest BCUT2D eigenvalue weighted by Crippen LogP contribution is 2.20. The molecular weight excluding hydrogens is 540 g/mol. The van der Waals surface area contributed by atoms with Gasteiger partial charge in [0, 0.05) is 43.3 Å². The summed E-state index contributed by atoms with van der Waals surface area (Å²) in [4.78, 5) is 73.8. The summed E-state index contributed by atoms with van der Waals surface area (Å²) in [6.07, 6.45) is 1.44. The number of rotatable bonds is 19. The lowest BCUT2D eigenvalue weighted by Crippen LogP contribution is -2.45. The minimum absolute atomic E-state index is 0.0863. The number of urea groups is 1. The van der Waals surface area contributed by atoms with Gasteiger partial charge in [-0.15, -0.1) is 0 Å². The SMILES string of the molecule is CC(C)C(=O)CCCC(=O)N[C@H](C(=O)C[C@@H](CCCNC(N)=O)C(=O)Nc1ccc(COC(=O)C(C)C)cc1)C(C)C. The van der Waals surface area contributed by atoms with E-state index in [4.69, 9.17) is 10.5 Å². The fourth-order valence-corrected chi connectivity index (χ4v) is 4.08. The van der Waals surface area contributed by atoms with Gasteiger partial charge in [-0.25, -0.2) is 4.79 Å². The van der Waals surface area contributed by atoms with Gasteiger partial charge in [-0.1, -0.05) is 53.7 Å². The number of Topliss-reactive ketones (excluding diaryl/α,β-unsaturated/α-hetero) is 2. The van der Waals surface area contributed by atoms with Crippen molar-refractivity contribution in [2.75, 3.05) is 11.9 Å². The Hall–Kier alpha value is -3.76. The monoisotopic (exact) mass is 588 g/mol. The molecule has 2 atom stereocenters. The van der Waals surface area contributed by atoms with Crippen molar-refractivity contribution in [2.45, 2.75) is 92.7 Å². The van der Waals surface area contributed by atoms with Crippen molar-refractivity contribution in [3.63, 3.8) is 0 Å². The Labute approximate surface area is 249 Å². The second-order valence-corrected chi connectivity index (χ2v) is 11.5. The number of carbonyl (C=O) groups excluding carboxylic acids is 6. The third-order valence-electron chi connectivity index (χ3n) is 6.72. The fraction of sp³-hybridized carbons (Fsp3) is 0.613. The number of anilines is 1. The topological polar surface area (TPSA) is 174 Å². The molecule has 11 heteroatoms.